The topological polar surface area (TPSA) is 12.0 Å². The summed E-state index contributed by atoms with van der Waals surface area (Å²) in [7, 11) is 0. The highest BCUT2D eigenvalue weighted by atomic mass is 14.9. The molecule has 96 valence electrons. The van der Waals surface area contributed by atoms with Gasteiger partial charge >= 0.3 is 0 Å². The summed E-state index contributed by atoms with van der Waals surface area (Å²) >= 11 is 0. The molecule has 17 heavy (non-hydrogen) atoms. The van der Waals surface area contributed by atoms with E-state index in [4.69, 9.17) is 0 Å². The lowest BCUT2D eigenvalue weighted by Gasteiger charge is -2.23. The van der Waals surface area contributed by atoms with Crippen molar-refractivity contribution in [1.82, 2.24) is 5.32 Å². The predicted octanol–water partition coefficient (Wildman–Crippen LogP) is 4.30. The van der Waals surface area contributed by atoms with Crippen LogP contribution in [0.25, 0.3) is 0 Å². The Morgan fingerprint density at radius 1 is 0.941 bits per heavy atom. The van der Waals surface area contributed by atoms with Gasteiger partial charge in [-0.05, 0) is 43.7 Å². The molecule has 0 aromatic heterocycles. The smallest absolute Gasteiger partial charge is 0.00967 e. The summed E-state index contributed by atoms with van der Waals surface area (Å²) in [5, 5.41) is 3.56. The van der Waals surface area contributed by atoms with Crippen LogP contribution in [0.4, 0.5) is 0 Å². The summed E-state index contributed by atoms with van der Waals surface area (Å²) < 4.78 is 0. The van der Waals surface area contributed by atoms with E-state index in [0.717, 1.165) is 6.54 Å². The first kappa shape index (κ1) is 14.2. The molecular weight excluding hydrogens is 206 g/mol. The molecule has 0 aliphatic carbocycles. The second kappa shape index (κ2) is 5.68. The van der Waals surface area contributed by atoms with Crippen LogP contribution in [0.1, 0.15) is 64.5 Å². The molecule has 0 heterocycles. The minimum Gasteiger partial charge on any atom is -0.311 e. The van der Waals surface area contributed by atoms with Gasteiger partial charge in [0.2, 0.25) is 0 Å². The van der Waals surface area contributed by atoms with Crippen LogP contribution >= 0.6 is 0 Å². The quantitative estimate of drug-likeness (QED) is 0.817. The Morgan fingerprint density at radius 2 is 1.41 bits per heavy atom. The van der Waals surface area contributed by atoms with Gasteiger partial charge < -0.3 is 5.32 Å². The van der Waals surface area contributed by atoms with Crippen molar-refractivity contribution in [2.24, 2.45) is 0 Å². The minimum absolute atomic E-state index is 0.201. The summed E-state index contributed by atoms with van der Waals surface area (Å²) in [6.07, 6.45) is 0. The van der Waals surface area contributed by atoms with Crippen molar-refractivity contribution in [3.63, 3.8) is 0 Å². The lowest BCUT2D eigenvalue weighted by molar-refractivity contribution is 0.412. The minimum atomic E-state index is 0.201. The largest absolute Gasteiger partial charge is 0.311 e. The summed E-state index contributed by atoms with van der Waals surface area (Å²) in [4.78, 5) is 0. The molecule has 1 N–H and O–H groups in total. The van der Waals surface area contributed by atoms with Crippen molar-refractivity contribution < 1.29 is 0 Å². The molecule has 0 saturated carbocycles. The van der Waals surface area contributed by atoms with Crippen LogP contribution in [0.15, 0.2) is 24.3 Å². The third-order valence-corrected chi connectivity index (χ3v) is 3.11. The first-order chi connectivity index (χ1) is 7.79. The number of rotatable bonds is 4. The number of benzene rings is 1. The van der Waals surface area contributed by atoms with E-state index >= 15 is 0 Å². The van der Waals surface area contributed by atoms with Crippen LogP contribution in [-0.4, -0.2) is 12.1 Å². The lowest BCUT2D eigenvalue weighted by atomic mass is 9.95. The second-order valence-electron chi connectivity index (χ2n) is 6.35. The highest BCUT2D eigenvalue weighted by Gasteiger charge is 2.12. The summed E-state index contributed by atoms with van der Waals surface area (Å²) in [6, 6.07) is 9.05. The van der Waals surface area contributed by atoms with Crippen LogP contribution in [0.3, 0.4) is 0 Å². The fourth-order valence-corrected chi connectivity index (χ4v) is 1.79. The van der Waals surface area contributed by atoms with Crippen molar-refractivity contribution in [3.05, 3.63) is 35.4 Å². The van der Waals surface area contributed by atoms with E-state index in [1.165, 1.54) is 11.1 Å². The fourth-order valence-electron chi connectivity index (χ4n) is 1.79. The Hall–Kier alpha value is -0.820. The molecule has 0 aliphatic heterocycles. The SMILES string of the molecule is CC(C)c1ccc(C(C)CNC(C)(C)C)cc1. The molecule has 1 atom stereocenters. The summed E-state index contributed by atoms with van der Waals surface area (Å²) in [5.74, 6) is 1.18. The Morgan fingerprint density at radius 3 is 1.82 bits per heavy atom. The molecule has 1 unspecified atom stereocenters. The molecule has 0 saturated heterocycles. The van der Waals surface area contributed by atoms with E-state index in [9.17, 15) is 0 Å². The van der Waals surface area contributed by atoms with Gasteiger partial charge in [-0.25, -0.2) is 0 Å². The van der Waals surface area contributed by atoms with Gasteiger partial charge in [0.25, 0.3) is 0 Å². The van der Waals surface area contributed by atoms with E-state index in [1.54, 1.807) is 0 Å². The monoisotopic (exact) mass is 233 g/mol. The molecule has 0 spiro atoms. The highest BCUT2D eigenvalue weighted by molar-refractivity contribution is 5.27. The zero-order chi connectivity index (χ0) is 13.1. The molecule has 1 nitrogen and oxygen atoms in total. The Balaban J connectivity index is 2.60. The molecule has 1 aromatic carbocycles. The maximum absolute atomic E-state index is 3.56. The third kappa shape index (κ3) is 4.91. The van der Waals surface area contributed by atoms with Gasteiger partial charge in [0, 0.05) is 12.1 Å². The van der Waals surface area contributed by atoms with Gasteiger partial charge in [-0.1, -0.05) is 45.0 Å². The number of nitrogens with one attached hydrogen (secondary N) is 1. The van der Waals surface area contributed by atoms with Gasteiger partial charge in [-0.2, -0.15) is 0 Å². The van der Waals surface area contributed by atoms with Gasteiger partial charge in [-0.15, -0.1) is 0 Å². The van der Waals surface area contributed by atoms with Crippen molar-refractivity contribution in [3.8, 4) is 0 Å². The summed E-state index contributed by atoms with van der Waals surface area (Å²) in [5.41, 5.74) is 3.04. The Labute approximate surface area is 107 Å². The molecule has 1 heteroatoms. The van der Waals surface area contributed by atoms with Crippen LogP contribution in [0, 0.1) is 0 Å². The summed E-state index contributed by atoms with van der Waals surface area (Å²) in [6.45, 7) is 14.4. The van der Waals surface area contributed by atoms with Crippen LogP contribution < -0.4 is 5.32 Å². The first-order valence-electron chi connectivity index (χ1n) is 6.64. The first-order valence-corrected chi connectivity index (χ1v) is 6.64. The van der Waals surface area contributed by atoms with E-state index in [0.29, 0.717) is 11.8 Å². The molecule has 0 aliphatic rings. The van der Waals surface area contributed by atoms with E-state index in [-0.39, 0.29) is 5.54 Å². The fraction of sp³-hybridized carbons (Fsp3) is 0.625. The molecule has 0 radical (unpaired) electrons. The van der Waals surface area contributed by atoms with Gasteiger partial charge in [0.05, 0.1) is 0 Å². The molecule has 0 bridgehead atoms. The third-order valence-electron chi connectivity index (χ3n) is 3.11. The molecular formula is C16H27N. The standard InChI is InChI=1S/C16H27N/c1-12(2)14-7-9-15(10-8-14)13(3)11-17-16(4,5)6/h7-10,12-13,17H,11H2,1-6H3. The maximum atomic E-state index is 3.56. The van der Waals surface area contributed by atoms with Gasteiger partial charge in [0.1, 0.15) is 0 Å². The van der Waals surface area contributed by atoms with Crippen LogP contribution in [0.5, 0.6) is 0 Å². The second-order valence-corrected chi connectivity index (χ2v) is 6.35. The average Bonchev–Trinajstić information content (AvgIpc) is 2.25. The van der Waals surface area contributed by atoms with Gasteiger partial charge in [-0.3, -0.25) is 0 Å². The number of hydrogen-bond donors (Lipinski definition) is 1. The molecule has 0 amide bonds. The average molecular weight is 233 g/mol. The van der Waals surface area contributed by atoms with E-state index in [1.807, 2.05) is 0 Å². The van der Waals surface area contributed by atoms with E-state index < -0.39 is 0 Å². The molecule has 1 aromatic rings. The normalized spacial score (nSPS) is 14.1. The van der Waals surface area contributed by atoms with Crippen molar-refractivity contribution in [2.75, 3.05) is 6.54 Å². The van der Waals surface area contributed by atoms with Crippen LogP contribution in [0.2, 0.25) is 0 Å². The predicted molar refractivity (Wildman–Crippen MR) is 76.7 cm³/mol. The van der Waals surface area contributed by atoms with Crippen molar-refractivity contribution in [2.45, 2.75) is 58.9 Å². The molecule has 0 fully saturated rings. The Bertz CT molecular complexity index is 330. The van der Waals surface area contributed by atoms with E-state index in [2.05, 4.69) is 71.1 Å². The zero-order valence-corrected chi connectivity index (χ0v) is 12.2. The molecule has 1 rings (SSSR count). The van der Waals surface area contributed by atoms with Gasteiger partial charge in [0.15, 0.2) is 0 Å². The van der Waals surface area contributed by atoms with Crippen LogP contribution in [-0.2, 0) is 0 Å². The zero-order valence-electron chi connectivity index (χ0n) is 12.2. The maximum Gasteiger partial charge on any atom is 0.00967 e. The Kier molecular flexibility index (Phi) is 4.76. The highest BCUT2D eigenvalue weighted by Crippen LogP contribution is 2.20. The number of hydrogen-bond acceptors (Lipinski definition) is 1. The lowest BCUT2D eigenvalue weighted by Crippen LogP contribution is -2.38. The van der Waals surface area contributed by atoms with Crippen molar-refractivity contribution in [1.29, 1.82) is 0 Å². The van der Waals surface area contributed by atoms with Crippen molar-refractivity contribution >= 4 is 0 Å².